The van der Waals surface area contributed by atoms with E-state index in [-0.39, 0.29) is 5.91 Å². The summed E-state index contributed by atoms with van der Waals surface area (Å²) in [6.07, 6.45) is 0. The van der Waals surface area contributed by atoms with Gasteiger partial charge in [0.25, 0.3) is 5.91 Å². The number of carbonyl (C=O) groups excluding carboxylic acids is 1. The molecular weight excluding hydrogens is 370 g/mol. The van der Waals surface area contributed by atoms with Crippen molar-refractivity contribution in [1.29, 1.82) is 0 Å². The minimum Gasteiger partial charge on any atom is -0.494 e. The summed E-state index contributed by atoms with van der Waals surface area (Å²) in [6.45, 7) is 8.49. The molecule has 4 rings (SSSR count). The Morgan fingerprint density at radius 3 is 2.48 bits per heavy atom. The fraction of sp³-hybridized carbons (Fsp3) is 0.409. The smallest absolute Gasteiger partial charge is 0.279 e. The monoisotopic (exact) mass is 399 g/mol. The van der Waals surface area contributed by atoms with Gasteiger partial charge in [0, 0.05) is 11.3 Å². The number of piperazine rings is 1. The molecule has 0 bridgehead atoms. The molecule has 2 aromatic carbocycles. The number of ether oxygens (including phenoxy) is 3. The van der Waals surface area contributed by atoms with Crippen molar-refractivity contribution in [2.75, 3.05) is 51.4 Å². The molecule has 1 fully saturated rings. The van der Waals surface area contributed by atoms with Crippen LogP contribution in [0.4, 0.5) is 5.69 Å². The highest BCUT2D eigenvalue weighted by Crippen LogP contribution is 2.32. The van der Waals surface area contributed by atoms with Crippen molar-refractivity contribution in [3.8, 4) is 17.2 Å². The highest BCUT2D eigenvalue weighted by molar-refractivity contribution is 5.91. The molecule has 2 aromatic rings. The van der Waals surface area contributed by atoms with E-state index in [2.05, 4.69) is 17.4 Å². The first-order valence-electron chi connectivity index (χ1n) is 10.3. The molecule has 0 aliphatic carbocycles. The number of quaternary nitrogens is 2. The van der Waals surface area contributed by atoms with Crippen LogP contribution in [0.15, 0.2) is 42.5 Å². The largest absolute Gasteiger partial charge is 0.494 e. The molecule has 0 atom stereocenters. The van der Waals surface area contributed by atoms with E-state index < -0.39 is 0 Å². The van der Waals surface area contributed by atoms with Crippen molar-refractivity contribution in [1.82, 2.24) is 0 Å². The SMILES string of the molecule is CCOc1ccc(NC(=O)C[NH+]2CC[NH+](Cc3ccc4c(c3)OCO4)CC2)cc1. The van der Waals surface area contributed by atoms with Gasteiger partial charge in [0.15, 0.2) is 18.0 Å². The first-order chi connectivity index (χ1) is 14.2. The number of rotatable bonds is 7. The molecule has 2 heterocycles. The van der Waals surface area contributed by atoms with Crippen molar-refractivity contribution >= 4 is 11.6 Å². The normalized spacial score (nSPS) is 20.3. The number of amides is 1. The molecular formula is C22H29N3O4+2. The number of fused-ring (bicyclic) bond motifs is 1. The predicted molar refractivity (Wildman–Crippen MR) is 109 cm³/mol. The van der Waals surface area contributed by atoms with Crippen molar-refractivity contribution in [3.05, 3.63) is 48.0 Å². The van der Waals surface area contributed by atoms with Gasteiger partial charge in [0.2, 0.25) is 6.79 Å². The van der Waals surface area contributed by atoms with Crippen LogP contribution in [0, 0.1) is 0 Å². The fourth-order valence-corrected chi connectivity index (χ4v) is 3.88. The number of nitrogens with one attached hydrogen (secondary N) is 3. The predicted octanol–water partition coefficient (Wildman–Crippen LogP) is -0.264. The zero-order valence-electron chi connectivity index (χ0n) is 16.8. The second-order valence-corrected chi connectivity index (χ2v) is 7.55. The fourth-order valence-electron chi connectivity index (χ4n) is 3.88. The first kappa shape index (κ1) is 19.5. The summed E-state index contributed by atoms with van der Waals surface area (Å²) in [4.78, 5) is 15.3. The van der Waals surface area contributed by atoms with Crippen LogP contribution in [0.25, 0.3) is 0 Å². The van der Waals surface area contributed by atoms with E-state index in [9.17, 15) is 4.79 Å². The molecule has 0 aromatic heterocycles. The average molecular weight is 399 g/mol. The van der Waals surface area contributed by atoms with Crippen LogP contribution >= 0.6 is 0 Å². The van der Waals surface area contributed by atoms with Gasteiger partial charge in [-0.05, 0) is 49.4 Å². The third-order valence-corrected chi connectivity index (χ3v) is 5.41. The Labute approximate surface area is 171 Å². The Kier molecular flexibility index (Phi) is 6.17. The molecule has 0 saturated carbocycles. The Morgan fingerprint density at radius 1 is 1.00 bits per heavy atom. The van der Waals surface area contributed by atoms with Gasteiger partial charge in [0.05, 0.1) is 6.61 Å². The highest BCUT2D eigenvalue weighted by atomic mass is 16.7. The lowest BCUT2D eigenvalue weighted by Crippen LogP contribution is -3.28. The van der Waals surface area contributed by atoms with E-state index in [1.54, 1.807) is 4.90 Å². The molecule has 154 valence electrons. The molecule has 3 N–H and O–H groups in total. The second-order valence-electron chi connectivity index (χ2n) is 7.55. The average Bonchev–Trinajstić information content (AvgIpc) is 3.19. The minimum absolute atomic E-state index is 0.0587. The second kappa shape index (κ2) is 9.15. The Bertz CT molecular complexity index is 832. The zero-order chi connectivity index (χ0) is 20.1. The van der Waals surface area contributed by atoms with Crippen LogP contribution in [0.3, 0.4) is 0 Å². The Hall–Kier alpha value is -2.77. The summed E-state index contributed by atoms with van der Waals surface area (Å²) < 4.78 is 16.3. The molecule has 7 heteroatoms. The highest BCUT2D eigenvalue weighted by Gasteiger charge is 2.25. The third-order valence-electron chi connectivity index (χ3n) is 5.41. The maximum Gasteiger partial charge on any atom is 0.279 e. The van der Waals surface area contributed by atoms with Gasteiger partial charge >= 0.3 is 0 Å². The first-order valence-corrected chi connectivity index (χ1v) is 10.3. The van der Waals surface area contributed by atoms with Gasteiger partial charge in [-0.2, -0.15) is 0 Å². The molecule has 0 radical (unpaired) electrons. The van der Waals surface area contributed by atoms with Crippen LogP contribution in [-0.2, 0) is 11.3 Å². The van der Waals surface area contributed by atoms with E-state index in [0.29, 0.717) is 19.9 Å². The number of benzene rings is 2. The van der Waals surface area contributed by atoms with E-state index >= 15 is 0 Å². The minimum atomic E-state index is 0.0587. The van der Waals surface area contributed by atoms with Gasteiger partial charge < -0.3 is 29.3 Å². The molecule has 1 amide bonds. The molecule has 0 spiro atoms. The maximum absolute atomic E-state index is 12.4. The van der Waals surface area contributed by atoms with E-state index in [1.807, 2.05) is 37.3 Å². The number of carbonyl (C=O) groups is 1. The third kappa shape index (κ3) is 5.19. The summed E-state index contributed by atoms with van der Waals surface area (Å²) in [5.74, 6) is 2.55. The zero-order valence-corrected chi connectivity index (χ0v) is 16.8. The summed E-state index contributed by atoms with van der Waals surface area (Å²) in [5.41, 5.74) is 2.07. The topological polar surface area (TPSA) is 65.7 Å². The molecule has 29 heavy (non-hydrogen) atoms. The van der Waals surface area contributed by atoms with Gasteiger partial charge in [-0.25, -0.2) is 0 Å². The van der Waals surface area contributed by atoms with E-state index in [4.69, 9.17) is 14.2 Å². The van der Waals surface area contributed by atoms with Gasteiger partial charge in [-0.3, -0.25) is 4.79 Å². The maximum atomic E-state index is 12.4. The number of anilines is 1. The van der Waals surface area contributed by atoms with Gasteiger partial charge in [-0.1, -0.05) is 0 Å². The summed E-state index contributed by atoms with van der Waals surface area (Å²) in [5, 5.41) is 2.99. The Morgan fingerprint density at radius 2 is 1.72 bits per heavy atom. The van der Waals surface area contributed by atoms with Crippen molar-refractivity contribution < 1.29 is 28.8 Å². The van der Waals surface area contributed by atoms with Crippen LogP contribution in [0.1, 0.15) is 12.5 Å². The molecule has 2 aliphatic heterocycles. The quantitative estimate of drug-likeness (QED) is 0.600. The number of hydrogen-bond acceptors (Lipinski definition) is 4. The van der Waals surface area contributed by atoms with Gasteiger partial charge in [-0.15, -0.1) is 0 Å². The van der Waals surface area contributed by atoms with E-state index in [0.717, 1.165) is 55.7 Å². The van der Waals surface area contributed by atoms with Crippen LogP contribution in [0.5, 0.6) is 17.2 Å². The standard InChI is InChI=1S/C22H27N3O4/c1-2-27-19-6-4-18(5-7-19)23-22(26)15-25-11-9-24(10-12-25)14-17-3-8-20-21(13-17)29-16-28-20/h3-8,13H,2,9-12,14-16H2,1H3,(H,23,26)/p+2. The summed E-state index contributed by atoms with van der Waals surface area (Å²) >= 11 is 0. The lowest BCUT2D eigenvalue weighted by molar-refractivity contribution is -1.02. The molecule has 2 aliphatic rings. The number of hydrogen-bond donors (Lipinski definition) is 3. The van der Waals surface area contributed by atoms with Crippen molar-refractivity contribution in [2.45, 2.75) is 13.5 Å². The van der Waals surface area contributed by atoms with E-state index in [1.165, 1.54) is 10.5 Å². The molecule has 1 saturated heterocycles. The van der Waals surface area contributed by atoms with Crippen LogP contribution < -0.4 is 29.3 Å². The van der Waals surface area contributed by atoms with Crippen molar-refractivity contribution in [3.63, 3.8) is 0 Å². The molecule has 0 unspecified atom stereocenters. The lowest BCUT2D eigenvalue weighted by atomic mass is 10.1. The lowest BCUT2D eigenvalue weighted by Gasteiger charge is -2.29. The van der Waals surface area contributed by atoms with Crippen LogP contribution in [0.2, 0.25) is 0 Å². The van der Waals surface area contributed by atoms with Gasteiger partial charge in [0.1, 0.15) is 38.5 Å². The van der Waals surface area contributed by atoms with Crippen molar-refractivity contribution in [2.24, 2.45) is 0 Å². The van der Waals surface area contributed by atoms with Crippen LogP contribution in [-0.4, -0.2) is 52.0 Å². The Balaban J connectivity index is 1.20. The molecule has 7 nitrogen and oxygen atoms in total. The summed E-state index contributed by atoms with van der Waals surface area (Å²) in [7, 11) is 0. The summed E-state index contributed by atoms with van der Waals surface area (Å²) in [6, 6.07) is 13.7.